The molecule has 8 heteroatoms. The minimum atomic E-state index is -0.591. The van der Waals surface area contributed by atoms with Gasteiger partial charge in [-0.15, -0.1) is 24.0 Å². The number of esters is 1. The van der Waals surface area contributed by atoms with E-state index in [0.717, 1.165) is 5.56 Å². The third-order valence-corrected chi connectivity index (χ3v) is 4.02. The molecule has 0 aliphatic carbocycles. The lowest BCUT2D eigenvalue weighted by Crippen LogP contribution is -2.25. The van der Waals surface area contributed by atoms with E-state index < -0.39 is 17.4 Å². The van der Waals surface area contributed by atoms with Gasteiger partial charge in [0.2, 0.25) is 0 Å². The number of carbonyl (C=O) groups is 2. The van der Waals surface area contributed by atoms with Crippen LogP contribution in [0.15, 0.2) is 42.5 Å². The van der Waals surface area contributed by atoms with E-state index >= 15 is 0 Å². The quantitative estimate of drug-likeness (QED) is 0.456. The van der Waals surface area contributed by atoms with E-state index in [2.05, 4.69) is 0 Å². The molecular formula is C19H22Cl2N2O4. The zero-order valence-electron chi connectivity index (χ0n) is 15.3. The molecule has 0 bridgehead atoms. The van der Waals surface area contributed by atoms with Crippen LogP contribution in [0.4, 0.5) is 4.79 Å². The summed E-state index contributed by atoms with van der Waals surface area (Å²) in [5.74, 6) is -0.348. The number of halogens is 2. The lowest BCUT2D eigenvalue weighted by Gasteiger charge is -2.16. The van der Waals surface area contributed by atoms with Gasteiger partial charge in [-0.3, -0.25) is 0 Å². The van der Waals surface area contributed by atoms with Gasteiger partial charge in [0.15, 0.2) is 11.5 Å². The lowest BCUT2D eigenvalue weighted by molar-refractivity contribution is 0.0728. The molecule has 1 unspecified atom stereocenters. The zero-order chi connectivity index (χ0) is 19.3. The lowest BCUT2D eigenvalue weighted by atomic mass is 10.1. The SMILES string of the molecule is Cc1ccc(C(=O)Oc2cc(C(Cl)CN)ccc2OC(=O)N(C)C)cc1.Cl. The molecule has 0 heterocycles. The smallest absolute Gasteiger partial charge is 0.414 e. The molecule has 0 aliphatic rings. The molecule has 0 aliphatic heterocycles. The minimum Gasteiger partial charge on any atom is -0.419 e. The second-order valence-corrected chi connectivity index (χ2v) is 6.45. The third kappa shape index (κ3) is 6.13. The number of ether oxygens (including phenoxy) is 2. The highest BCUT2D eigenvalue weighted by Crippen LogP contribution is 2.33. The number of rotatable bonds is 5. The van der Waals surface area contributed by atoms with E-state index in [1.807, 2.05) is 19.1 Å². The number of hydrogen-bond donors (Lipinski definition) is 1. The van der Waals surface area contributed by atoms with Gasteiger partial charge < -0.3 is 20.1 Å². The Kier molecular flexibility index (Phi) is 8.56. The van der Waals surface area contributed by atoms with Crippen molar-refractivity contribution in [2.45, 2.75) is 12.3 Å². The van der Waals surface area contributed by atoms with Gasteiger partial charge in [0.25, 0.3) is 0 Å². The summed E-state index contributed by atoms with van der Waals surface area (Å²) in [7, 11) is 3.11. The summed E-state index contributed by atoms with van der Waals surface area (Å²) in [4.78, 5) is 25.5. The first-order valence-corrected chi connectivity index (χ1v) is 8.41. The zero-order valence-corrected chi connectivity index (χ0v) is 16.8. The van der Waals surface area contributed by atoms with Crippen molar-refractivity contribution in [3.63, 3.8) is 0 Å². The van der Waals surface area contributed by atoms with Crippen LogP contribution >= 0.6 is 24.0 Å². The maximum absolute atomic E-state index is 12.4. The highest BCUT2D eigenvalue weighted by Gasteiger charge is 2.18. The molecule has 2 rings (SSSR count). The Labute approximate surface area is 169 Å². The predicted octanol–water partition coefficient (Wildman–Crippen LogP) is 3.94. The molecule has 2 N–H and O–H groups in total. The van der Waals surface area contributed by atoms with Gasteiger partial charge in [-0.2, -0.15) is 0 Å². The average Bonchev–Trinajstić information content (AvgIpc) is 2.62. The maximum Gasteiger partial charge on any atom is 0.414 e. The van der Waals surface area contributed by atoms with Gasteiger partial charge in [-0.25, -0.2) is 9.59 Å². The fourth-order valence-corrected chi connectivity index (χ4v) is 2.19. The molecule has 0 saturated carbocycles. The van der Waals surface area contributed by atoms with Crippen LogP contribution in [-0.2, 0) is 0 Å². The van der Waals surface area contributed by atoms with Gasteiger partial charge in [0.05, 0.1) is 10.9 Å². The van der Waals surface area contributed by atoms with Crippen LogP contribution in [-0.4, -0.2) is 37.6 Å². The van der Waals surface area contributed by atoms with Gasteiger partial charge in [-0.05, 0) is 36.8 Å². The molecular weight excluding hydrogens is 391 g/mol. The Morgan fingerprint density at radius 1 is 1.07 bits per heavy atom. The van der Waals surface area contributed by atoms with E-state index in [0.29, 0.717) is 11.1 Å². The van der Waals surface area contributed by atoms with E-state index in [4.69, 9.17) is 26.8 Å². The Hall–Kier alpha value is -2.28. The molecule has 0 aromatic heterocycles. The minimum absolute atomic E-state index is 0. The summed E-state index contributed by atoms with van der Waals surface area (Å²) in [5.41, 5.74) is 7.65. The number of nitrogens with zero attached hydrogens (tertiary/aromatic N) is 1. The van der Waals surface area contributed by atoms with Gasteiger partial charge in [0.1, 0.15) is 0 Å². The van der Waals surface area contributed by atoms with Crippen molar-refractivity contribution in [2.24, 2.45) is 5.73 Å². The van der Waals surface area contributed by atoms with E-state index in [1.54, 1.807) is 38.4 Å². The second kappa shape index (κ2) is 10.2. The molecule has 2 aromatic carbocycles. The average molecular weight is 413 g/mol. The van der Waals surface area contributed by atoms with Crippen LogP contribution < -0.4 is 15.2 Å². The number of hydrogen-bond acceptors (Lipinski definition) is 5. The van der Waals surface area contributed by atoms with Crippen LogP contribution in [0, 0.1) is 6.92 Å². The molecule has 6 nitrogen and oxygen atoms in total. The Morgan fingerprint density at radius 3 is 2.26 bits per heavy atom. The van der Waals surface area contributed by atoms with Crippen molar-refractivity contribution in [2.75, 3.05) is 20.6 Å². The number of benzene rings is 2. The van der Waals surface area contributed by atoms with Gasteiger partial charge in [-0.1, -0.05) is 23.8 Å². The van der Waals surface area contributed by atoms with Crippen LogP contribution in [0.25, 0.3) is 0 Å². The maximum atomic E-state index is 12.4. The van der Waals surface area contributed by atoms with E-state index in [-0.39, 0.29) is 30.5 Å². The van der Waals surface area contributed by atoms with Crippen molar-refractivity contribution < 1.29 is 19.1 Å². The van der Waals surface area contributed by atoms with Crippen LogP contribution in [0.3, 0.4) is 0 Å². The topological polar surface area (TPSA) is 81.9 Å². The summed E-state index contributed by atoms with van der Waals surface area (Å²) in [6, 6.07) is 11.7. The Bertz CT molecular complexity index is 795. The van der Waals surface area contributed by atoms with Crippen molar-refractivity contribution in [3.05, 3.63) is 59.2 Å². The molecule has 146 valence electrons. The fraction of sp³-hybridized carbons (Fsp3) is 0.263. The molecule has 2 aromatic rings. The first-order chi connectivity index (χ1) is 12.3. The van der Waals surface area contributed by atoms with Crippen molar-refractivity contribution >= 4 is 36.1 Å². The molecule has 27 heavy (non-hydrogen) atoms. The highest BCUT2D eigenvalue weighted by atomic mass is 35.5. The Balaban J connectivity index is 0.00000364. The van der Waals surface area contributed by atoms with Gasteiger partial charge in [0, 0.05) is 20.6 Å². The summed E-state index contributed by atoms with van der Waals surface area (Å²) < 4.78 is 10.7. The van der Waals surface area contributed by atoms with Crippen molar-refractivity contribution in [3.8, 4) is 11.5 Å². The van der Waals surface area contributed by atoms with E-state index in [9.17, 15) is 9.59 Å². The molecule has 0 fully saturated rings. The monoisotopic (exact) mass is 412 g/mol. The van der Waals surface area contributed by atoms with E-state index in [1.165, 1.54) is 11.0 Å². The first-order valence-electron chi connectivity index (χ1n) is 7.98. The van der Waals surface area contributed by atoms with Gasteiger partial charge >= 0.3 is 12.1 Å². The molecule has 1 amide bonds. The summed E-state index contributed by atoms with van der Waals surface area (Å²) >= 11 is 6.16. The fourth-order valence-electron chi connectivity index (χ4n) is 2.05. The Morgan fingerprint density at radius 2 is 1.70 bits per heavy atom. The van der Waals surface area contributed by atoms with Crippen LogP contribution in [0.2, 0.25) is 0 Å². The summed E-state index contributed by atoms with van der Waals surface area (Å²) in [6.07, 6.45) is -0.591. The molecule has 0 radical (unpaired) electrons. The molecule has 0 spiro atoms. The van der Waals surface area contributed by atoms with Crippen LogP contribution in [0.1, 0.15) is 26.9 Å². The number of aryl methyl sites for hydroxylation is 1. The number of carbonyl (C=O) groups excluding carboxylic acids is 2. The van der Waals surface area contributed by atoms with Crippen molar-refractivity contribution in [1.29, 1.82) is 0 Å². The normalized spacial score (nSPS) is 11.1. The number of nitrogens with two attached hydrogens (primary N) is 1. The molecule has 0 saturated heterocycles. The highest BCUT2D eigenvalue weighted by molar-refractivity contribution is 6.21. The largest absolute Gasteiger partial charge is 0.419 e. The standard InChI is InChI=1S/C19H21ClN2O4.ClH/c1-12-4-6-13(7-5-12)18(23)25-17-10-14(15(20)11-21)8-9-16(17)26-19(24)22(2)3;/h4-10,15H,11,21H2,1-3H3;1H. The van der Waals surface area contributed by atoms with Crippen molar-refractivity contribution in [1.82, 2.24) is 4.90 Å². The summed E-state index contributed by atoms with van der Waals surface area (Å²) in [6.45, 7) is 2.13. The van der Waals surface area contributed by atoms with Crippen LogP contribution in [0.5, 0.6) is 11.5 Å². The number of amides is 1. The third-order valence-electron chi connectivity index (χ3n) is 3.59. The molecule has 1 atom stereocenters. The number of alkyl halides is 1. The summed E-state index contributed by atoms with van der Waals surface area (Å²) in [5, 5.41) is -0.453. The second-order valence-electron chi connectivity index (χ2n) is 5.93. The first kappa shape index (κ1) is 22.8. The predicted molar refractivity (Wildman–Crippen MR) is 107 cm³/mol.